The minimum absolute atomic E-state index is 0.161. The van der Waals surface area contributed by atoms with Crippen LogP contribution in [0.4, 0.5) is 4.39 Å². The Balaban J connectivity index is 1.33. The van der Waals surface area contributed by atoms with Gasteiger partial charge >= 0.3 is 5.97 Å². The van der Waals surface area contributed by atoms with Crippen LogP contribution in [0.15, 0.2) is 52.9 Å². The highest BCUT2D eigenvalue weighted by Gasteiger charge is 2.11. The van der Waals surface area contributed by atoms with Gasteiger partial charge in [-0.15, -0.1) is 10.2 Å². The number of halogens is 1. The fourth-order valence-corrected chi connectivity index (χ4v) is 2.41. The van der Waals surface area contributed by atoms with Crippen LogP contribution in [0.2, 0.25) is 0 Å². The number of carbonyl (C=O) groups is 1. The van der Waals surface area contributed by atoms with Gasteiger partial charge in [0.1, 0.15) is 11.6 Å². The molecule has 0 saturated carbocycles. The molecular weight excluding hydrogens is 363 g/mol. The van der Waals surface area contributed by atoms with Gasteiger partial charge in [0, 0.05) is 18.4 Å². The lowest BCUT2D eigenvalue weighted by atomic mass is 10.1. The van der Waals surface area contributed by atoms with Gasteiger partial charge in [-0.05, 0) is 43.3 Å². The van der Waals surface area contributed by atoms with Crippen LogP contribution in [0, 0.1) is 12.7 Å². The monoisotopic (exact) mass is 384 g/mol. The molecule has 0 unspecified atom stereocenters. The molecule has 0 saturated heterocycles. The average molecular weight is 384 g/mol. The molecule has 0 atom stereocenters. The Morgan fingerprint density at radius 3 is 2.54 bits per heavy atom. The number of aryl methyl sites for hydroxylation is 2. The summed E-state index contributed by atoms with van der Waals surface area (Å²) in [5.74, 6) is 0.757. The number of esters is 1. The van der Waals surface area contributed by atoms with E-state index in [0.29, 0.717) is 37.0 Å². The molecule has 3 rings (SSSR count). The molecule has 0 aliphatic carbocycles. The van der Waals surface area contributed by atoms with E-state index in [2.05, 4.69) is 10.2 Å². The number of nitrogens with zero attached hydrogens (tertiary/aromatic N) is 2. The van der Waals surface area contributed by atoms with Crippen LogP contribution < -0.4 is 4.74 Å². The molecule has 0 aliphatic rings. The topological polar surface area (TPSA) is 74.5 Å². The van der Waals surface area contributed by atoms with Crippen molar-refractivity contribution < 1.29 is 23.1 Å². The Bertz CT molecular complexity index is 892. The Hall–Kier alpha value is -3.22. The lowest BCUT2D eigenvalue weighted by Gasteiger charge is -2.06. The normalized spacial score (nSPS) is 10.6. The highest BCUT2D eigenvalue weighted by molar-refractivity contribution is 5.69. The van der Waals surface area contributed by atoms with Gasteiger partial charge < -0.3 is 13.9 Å². The van der Waals surface area contributed by atoms with Crippen molar-refractivity contribution in [2.24, 2.45) is 0 Å². The zero-order valence-corrected chi connectivity index (χ0v) is 15.6. The summed E-state index contributed by atoms with van der Waals surface area (Å²) in [4.78, 5) is 11.8. The lowest BCUT2D eigenvalue weighted by molar-refractivity contribution is -0.143. The summed E-state index contributed by atoms with van der Waals surface area (Å²) in [5.41, 5.74) is 1.99. The molecule has 7 heteroatoms. The number of rotatable bonds is 9. The predicted molar refractivity (Wildman–Crippen MR) is 100 cm³/mol. The first kappa shape index (κ1) is 19.5. The Labute approximate surface area is 162 Å². The van der Waals surface area contributed by atoms with Crippen molar-refractivity contribution in [2.45, 2.75) is 26.2 Å². The molecule has 6 nitrogen and oxygen atoms in total. The zero-order chi connectivity index (χ0) is 19.8. The van der Waals surface area contributed by atoms with E-state index in [-0.39, 0.29) is 24.8 Å². The lowest BCUT2D eigenvalue weighted by Crippen LogP contribution is -2.09. The molecule has 0 aliphatic heterocycles. The zero-order valence-electron chi connectivity index (χ0n) is 15.6. The van der Waals surface area contributed by atoms with E-state index in [1.54, 1.807) is 12.1 Å². The summed E-state index contributed by atoms with van der Waals surface area (Å²) < 4.78 is 29.0. The van der Waals surface area contributed by atoms with Gasteiger partial charge in [-0.1, -0.05) is 17.7 Å². The smallest absolute Gasteiger partial charge is 0.306 e. The number of carbonyl (C=O) groups excluding carboxylic acids is 1. The van der Waals surface area contributed by atoms with Crippen molar-refractivity contribution in [3.8, 4) is 17.2 Å². The van der Waals surface area contributed by atoms with Crippen LogP contribution in [0.3, 0.4) is 0 Å². The number of aromatic nitrogens is 2. The first-order chi connectivity index (χ1) is 13.6. The second-order valence-electron chi connectivity index (χ2n) is 6.24. The van der Waals surface area contributed by atoms with E-state index in [1.807, 2.05) is 31.2 Å². The Kier molecular flexibility index (Phi) is 6.73. The summed E-state index contributed by atoms with van der Waals surface area (Å²) in [6.45, 7) is 2.63. The number of hydrogen-bond donors (Lipinski definition) is 0. The van der Waals surface area contributed by atoms with Crippen LogP contribution in [-0.2, 0) is 16.0 Å². The molecule has 0 amide bonds. The minimum Gasteiger partial charge on any atom is -0.493 e. The quantitative estimate of drug-likeness (QED) is 0.408. The maximum Gasteiger partial charge on any atom is 0.306 e. The summed E-state index contributed by atoms with van der Waals surface area (Å²) in [5, 5.41) is 7.97. The fourth-order valence-electron chi connectivity index (χ4n) is 2.41. The second kappa shape index (κ2) is 9.64. The summed E-state index contributed by atoms with van der Waals surface area (Å²) in [6, 6.07) is 13.5. The van der Waals surface area contributed by atoms with E-state index in [9.17, 15) is 9.18 Å². The molecule has 0 bridgehead atoms. The molecule has 146 valence electrons. The van der Waals surface area contributed by atoms with Gasteiger partial charge in [-0.3, -0.25) is 4.79 Å². The molecule has 0 radical (unpaired) electrons. The molecule has 1 aromatic heterocycles. The molecular formula is C21H21FN2O4. The molecule has 1 heterocycles. The standard InChI is InChI=1S/C21H21FN2O4/c1-15-3-5-16(6-4-15)21-24-23-19(28-21)11-12-20(25)27-14-2-13-26-18-9-7-17(22)8-10-18/h3-10H,2,11-14H2,1H3. The van der Waals surface area contributed by atoms with Crippen LogP contribution in [0.1, 0.15) is 24.3 Å². The number of ether oxygens (including phenoxy) is 2. The first-order valence-electron chi connectivity index (χ1n) is 9.03. The Morgan fingerprint density at radius 2 is 1.79 bits per heavy atom. The van der Waals surface area contributed by atoms with E-state index in [1.165, 1.54) is 12.1 Å². The highest BCUT2D eigenvalue weighted by atomic mass is 19.1. The highest BCUT2D eigenvalue weighted by Crippen LogP contribution is 2.18. The van der Waals surface area contributed by atoms with Crippen LogP contribution in [0.5, 0.6) is 5.75 Å². The molecule has 0 spiro atoms. The van der Waals surface area contributed by atoms with E-state index >= 15 is 0 Å². The minimum atomic E-state index is -0.336. The summed E-state index contributed by atoms with van der Waals surface area (Å²) >= 11 is 0. The van der Waals surface area contributed by atoms with Gasteiger partial charge in [-0.2, -0.15) is 0 Å². The van der Waals surface area contributed by atoms with Gasteiger partial charge in [0.05, 0.1) is 19.6 Å². The third kappa shape index (κ3) is 5.90. The average Bonchev–Trinajstić information content (AvgIpc) is 3.17. The number of hydrogen-bond acceptors (Lipinski definition) is 6. The fraction of sp³-hybridized carbons (Fsp3) is 0.286. The first-order valence-corrected chi connectivity index (χ1v) is 9.03. The molecule has 28 heavy (non-hydrogen) atoms. The molecule has 3 aromatic rings. The summed E-state index contributed by atoms with van der Waals surface area (Å²) in [7, 11) is 0. The van der Waals surface area contributed by atoms with Crippen LogP contribution >= 0.6 is 0 Å². The maximum atomic E-state index is 12.8. The van der Waals surface area contributed by atoms with E-state index < -0.39 is 0 Å². The maximum absolute atomic E-state index is 12.8. The van der Waals surface area contributed by atoms with E-state index in [4.69, 9.17) is 13.9 Å². The Morgan fingerprint density at radius 1 is 1.04 bits per heavy atom. The van der Waals surface area contributed by atoms with Crippen molar-refractivity contribution >= 4 is 5.97 Å². The number of benzene rings is 2. The van der Waals surface area contributed by atoms with Crippen molar-refractivity contribution in [1.82, 2.24) is 10.2 Å². The predicted octanol–water partition coefficient (Wildman–Crippen LogP) is 4.13. The summed E-state index contributed by atoms with van der Waals surface area (Å²) in [6.07, 6.45) is 1.03. The largest absolute Gasteiger partial charge is 0.493 e. The van der Waals surface area contributed by atoms with Crippen molar-refractivity contribution in [3.05, 3.63) is 65.8 Å². The van der Waals surface area contributed by atoms with Crippen molar-refractivity contribution in [1.29, 1.82) is 0 Å². The van der Waals surface area contributed by atoms with Crippen molar-refractivity contribution in [3.63, 3.8) is 0 Å². The van der Waals surface area contributed by atoms with Crippen molar-refractivity contribution in [2.75, 3.05) is 13.2 Å². The van der Waals surface area contributed by atoms with Crippen LogP contribution in [0.25, 0.3) is 11.5 Å². The third-order valence-electron chi connectivity index (χ3n) is 3.94. The molecule has 2 aromatic carbocycles. The molecule has 0 fully saturated rings. The van der Waals surface area contributed by atoms with Gasteiger partial charge in [0.25, 0.3) is 0 Å². The molecule has 0 N–H and O–H groups in total. The second-order valence-corrected chi connectivity index (χ2v) is 6.24. The van der Waals surface area contributed by atoms with Gasteiger partial charge in [0.15, 0.2) is 0 Å². The van der Waals surface area contributed by atoms with Crippen LogP contribution in [-0.4, -0.2) is 29.4 Å². The van der Waals surface area contributed by atoms with Gasteiger partial charge in [-0.25, -0.2) is 4.39 Å². The SMILES string of the molecule is Cc1ccc(-c2nnc(CCC(=O)OCCCOc3ccc(F)cc3)o2)cc1. The third-order valence-corrected chi connectivity index (χ3v) is 3.94. The van der Waals surface area contributed by atoms with Gasteiger partial charge in [0.2, 0.25) is 11.8 Å². The van der Waals surface area contributed by atoms with E-state index in [0.717, 1.165) is 11.1 Å².